The Morgan fingerprint density at radius 3 is 2.34 bits per heavy atom. The third-order valence-corrected chi connectivity index (χ3v) is 10.6. The van der Waals surface area contributed by atoms with Crippen LogP contribution in [-0.2, 0) is 0 Å². The van der Waals surface area contributed by atoms with Crippen molar-refractivity contribution in [2.45, 2.75) is 110 Å². The Morgan fingerprint density at radius 1 is 0.931 bits per heavy atom. The zero-order valence-electron chi connectivity index (χ0n) is 18.6. The van der Waals surface area contributed by atoms with Gasteiger partial charge in [-0.05, 0) is 111 Å². The number of halogens is 3. The van der Waals surface area contributed by atoms with Crippen LogP contribution in [0.1, 0.15) is 97.8 Å². The Labute approximate surface area is 175 Å². The van der Waals surface area contributed by atoms with Crippen LogP contribution in [0.4, 0.5) is 13.2 Å². The van der Waals surface area contributed by atoms with Crippen molar-refractivity contribution in [3.63, 3.8) is 0 Å². The molecule has 9 unspecified atom stereocenters. The number of aliphatic hydroxyl groups is 1. The molecule has 9 atom stereocenters. The van der Waals surface area contributed by atoms with E-state index >= 15 is 0 Å². The highest BCUT2D eigenvalue weighted by molar-refractivity contribution is 5.09. The van der Waals surface area contributed by atoms with Gasteiger partial charge in [-0.15, -0.1) is 0 Å². The summed E-state index contributed by atoms with van der Waals surface area (Å²) in [4.78, 5) is 0. The molecule has 4 fully saturated rings. The molecule has 168 valence electrons. The van der Waals surface area contributed by atoms with E-state index in [9.17, 15) is 18.3 Å². The van der Waals surface area contributed by atoms with Crippen LogP contribution >= 0.6 is 0 Å². The van der Waals surface area contributed by atoms with Gasteiger partial charge in [0, 0.05) is 0 Å². The summed E-state index contributed by atoms with van der Waals surface area (Å²) in [5.41, 5.74) is 0.754. The van der Waals surface area contributed by atoms with Gasteiger partial charge in [0.2, 0.25) is 0 Å². The molecule has 4 saturated carbocycles. The first-order valence-corrected chi connectivity index (χ1v) is 12.3. The maximum absolute atomic E-state index is 12.9. The fourth-order valence-corrected chi connectivity index (χ4v) is 8.65. The lowest BCUT2D eigenvalue weighted by Gasteiger charge is -2.61. The van der Waals surface area contributed by atoms with E-state index in [2.05, 4.69) is 13.8 Å². The summed E-state index contributed by atoms with van der Waals surface area (Å²) in [6.45, 7) is 6.34. The normalized spacial score (nSPS) is 48.5. The summed E-state index contributed by atoms with van der Waals surface area (Å²) in [5.74, 6) is 2.53. The topological polar surface area (TPSA) is 20.2 Å². The van der Waals surface area contributed by atoms with Gasteiger partial charge in [-0.1, -0.05) is 27.2 Å². The molecule has 4 aliphatic carbocycles. The molecular weight excluding hydrogens is 373 g/mol. The van der Waals surface area contributed by atoms with Crippen LogP contribution < -0.4 is 0 Å². The highest BCUT2D eigenvalue weighted by atomic mass is 19.4. The van der Waals surface area contributed by atoms with Gasteiger partial charge in [0.25, 0.3) is 0 Å². The first-order chi connectivity index (χ1) is 13.6. The van der Waals surface area contributed by atoms with Crippen molar-refractivity contribution in [2.24, 2.45) is 46.3 Å². The molecule has 1 N–H and O–H groups in total. The third-order valence-electron chi connectivity index (χ3n) is 10.6. The third kappa shape index (κ3) is 3.78. The largest absolute Gasteiger partial charge is 0.393 e. The van der Waals surface area contributed by atoms with Crippen molar-refractivity contribution in [1.82, 2.24) is 0 Å². The van der Waals surface area contributed by atoms with Crippen LogP contribution in [0, 0.1) is 46.3 Å². The minimum Gasteiger partial charge on any atom is -0.393 e. The van der Waals surface area contributed by atoms with Gasteiger partial charge < -0.3 is 5.11 Å². The lowest BCUT2D eigenvalue weighted by atomic mass is 9.44. The SMILES string of the molecule is CC(CCCC1CCC2C3CCC4CC(O)CCC4(C)C3CCC12C)C(F)(F)F. The average Bonchev–Trinajstić information content (AvgIpc) is 2.98. The molecule has 4 heteroatoms. The number of rotatable bonds is 4. The molecular formula is C25H41F3O. The van der Waals surface area contributed by atoms with E-state index < -0.39 is 12.1 Å². The maximum Gasteiger partial charge on any atom is 0.391 e. The van der Waals surface area contributed by atoms with Crippen LogP contribution in [0.5, 0.6) is 0 Å². The van der Waals surface area contributed by atoms with Crippen LogP contribution in [0.15, 0.2) is 0 Å². The predicted molar refractivity (Wildman–Crippen MR) is 110 cm³/mol. The molecule has 0 amide bonds. The summed E-state index contributed by atoms with van der Waals surface area (Å²) in [7, 11) is 0. The zero-order chi connectivity index (χ0) is 21.0. The molecule has 0 aromatic carbocycles. The minimum absolute atomic E-state index is 0.0894. The summed E-state index contributed by atoms with van der Waals surface area (Å²) >= 11 is 0. The van der Waals surface area contributed by atoms with E-state index in [1.54, 1.807) is 0 Å². The zero-order valence-corrected chi connectivity index (χ0v) is 18.6. The van der Waals surface area contributed by atoms with Crippen LogP contribution in [0.3, 0.4) is 0 Å². The molecule has 0 heterocycles. The molecule has 0 saturated heterocycles. The number of fused-ring (bicyclic) bond motifs is 5. The van der Waals surface area contributed by atoms with Crippen molar-refractivity contribution in [3.05, 3.63) is 0 Å². The van der Waals surface area contributed by atoms with E-state index in [4.69, 9.17) is 0 Å². The second-order valence-corrected chi connectivity index (χ2v) is 11.8. The summed E-state index contributed by atoms with van der Waals surface area (Å²) in [6, 6.07) is 0. The summed E-state index contributed by atoms with van der Waals surface area (Å²) in [5, 5.41) is 10.2. The van der Waals surface area contributed by atoms with Crippen LogP contribution in [-0.4, -0.2) is 17.4 Å². The monoisotopic (exact) mass is 414 g/mol. The van der Waals surface area contributed by atoms with Crippen LogP contribution in [0.2, 0.25) is 0 Å². The second-order valence-electron chi connectivity index (χ2n) is 11.8. The van der Waals surface area contributed by atoms with Crippen molar-refractivity contribution in [1.29, 1.82) is 0 Å². The van der Waals surface area contributed by atoms with Crippen molar-refractivity contribution in [2.75, 3.05) is 0 Å². The molecule has 0 spiro atoms. The molecule has 0 aromatic heterocycles. The molecule has 0 bridgehead atoms. The number of aliphatic hydroxyl groups excluding tert-OH is 1. The number of hydrogen-bond donors (Lipinski definition) is 1. The summed E-state index contributed by atoms with van der Waals surface area (Å²) < 4.78 is 38.6. The first kappa shape index (κ1) is 22.0. The molecule has 0 aliphatic heterocycles. The predicted octanol–water partition coefficient (Wildman–Crippen LogP) is 7.37. The lowest BCUT2D eigenvalue weighted by Crippen LogP contribution is -2.53. The van der Waals surface area contributed by atoms with Gasteiger partial charge in [0.1, 0.15) is 0 Å². The Kier molecular flexibility index (Phi) is 5.84. The highest BCUT2D eigenvalue weighted by Gasteiger charge is 2.59. The highest BCUT2D eigenvalue weighted by Crippen LogP contribution is 2.67. The first-order valence-electron chi connectivity index (χ1n) is 12.3. The number of alkyl halides is 3. The average molecular weight is 415 g/mol. The smallest absolute Gasteiger partial charge is 0.391 e. The molecule has 29 heavy (non-hydrogen) atoms. The van der Waals surface area contributed by atoms with E-state index in [1.807, 2.05) is 0 Å². The molecule has 0 radical (unpaired) electrons. The van der Waals surface area contributed by atoms with Gasteiger partial charge >= 0.3 is 6.18 Å². The summed E-state index contributed by atoms with van der Waals surface area (Å²) in [6.07, 6.45) is 8.69. The Hall–Kier alpha value is -0.250. The van der Waals surface area contributed by atoms with Gasteiger partial charge in [0.05, 0.1) is 12.0 Å². The molecule has 1 nitrogen and oxygen atoms in total. The van der Waals surface area contributed by atoms with Crippen LogP contribution in [0.25, 0.3) is 0 Å². The molecule has 4 rings (SSSR count). The van der Waals surface area contributed by atoms with E-state index in [0.717, 1.165) is 43.4 Å². The fourth-order valence-electron chi connectivity index (χ4n) is 8.65. The quantitative estimate of drug-likeness (QED) is 0.509. The Morgan fingerprint density at radius 2 is 1.62 bits per heavy atom. The van der Waals surface area contributed by atoms with E-state index in [0.29, 0.717) is 22.7 Å². The van der Waals surface area contributed by atoms with Gasteiger partial charge in [-0.3, -0.25) is 0 Å². The maximum atomic E-state index is 12.9. The minimum atomic E-state index is -4.04. The van der Waals surface area contributed by atoms with Gasteiger partial charge in [-0.2, -0.15) is 13.2 Å². The van der Waals surface area contributed by atoms with Gasteiger partial charge in [-0.25, -0.2) is 0 Å². The van der Waals surface area contributed by atoms with Gasteiger partial charge in [0.15, 0.2) is 0 Å². The Balaban J connectivity index is 1.41. The second kappa shape index (κ2) is 7.71. The molecule has 0 aromatic rings. The van der Waals surface area contributed by atoms with E-state index in [-0.39, 0.29) is 12.5 Å². The fraction of sp³-hybridized carbons (Fsp3) is 1.00. The van der Waals surface area contributed by atoms with E-state index in [1.165, 1.54) is 51.9 Å². The standard InChI is InChI=1S/C25H41F3O/c1-16(25(26,27)28)5-4-6-17-8-10-21-20-9-7-18-15-19(29)11-13-24(18,3)22(20)12-14-23(17,21)2/h16-22,29H,4-15H2,1-3H3. The lowest BCUT2D eigenvalue weighted by molar-refractivity contribution is -0.171. The van der Waals surface area contributed by atoms with Crippen molar-refractivity contribution >= 4 is 0 Å². The number of hydrogen-bond acceptors (Lipinski definition) is 1. The Bertz CT molecular complexity index is 589. The van der Waals surface area contributed by atoms with Crippen molar-refractivity contribution < 1.29 is 18.3 Å². The molecule has 4 aliphatic rings. The van der Waals surface area contributed by atoms with Crippen molar-refractivity contribution in [3.8, 4) is 0 Å².